The molecule has 2 aromatic heterocycles. The van der Waals surface area contributed by atoms with E-state index in [1.54, 1.807) is 11.8 Å². The van der Waals surface area contributed by atoms with E-state index in [-0.39, 0.29) is 5.56 Å². The van der Waals surface area contributed by atoms with Gasteiger partial charge in [0.2, 0.25) is 0 Å². The molecule has 0 aliphatic carbocycles. The molecule has 0 radical (unpaired) electrons. The van der Waals surface area contributed by atoms with Crippen molar-refractivity contribution in [2.75, 3.05) is 31.1 Å². The van der Waals surface area contributed by atoms with E-state index in [0.717, 1.165) is 61.3 Å². The Morgan fingerprint density at radius 2 is 1.57 bits per heavy atom. The van der Waals surface area contributed by atoms with Crippen LogP contribution >= 0.6 is 11.8 Å². The highest BCUT2D eigenvalue weighted by Crippen LogP contribution is 2.30. The Labute approximate surface area is 210 Å². The highest BCUT2D eigenvalue weighted by atomic mass is 32.2. The molecule has 0 bridgehead atoms. The van der Waals surface area contributed by atoms with Gasteiger partial charge in [-0.05, 0) is 24.6 Å². The minimum Gasteiger partial charge on any atom is -0.367 e. The second-order valence-corrected chi connectivity index (χ2v) is 9.64. The van der Waals surface area contributed by atoms with Crippen LogP contribution < -0.4 is 10.5 Å². The van der Waals surface area contributed by atoms with Crippen molar-refractivity contribution >= 4 is 17.4 Å². The summed E-state index contributed by atoms with van der Waals surface area (Å²) < 4.78 is 3.48. The van der Waals surface area contributed by atoms with Gasteiger partial charge < -0.3 is 4.90 Å². The Kier molecular flexibility index (Phi) is 7.30. The SMILES string of the molecule is CCn1cc(CN2CCN(c3cnn(-c4ccccc4)c(=O)c3SCc3ccccc3)CC2)cn1. The summed E-state index contributed by atoms with van der Waals surface area (Å²) in [5.74, 6) is 0.739. The van der Waals surface area contributed by atoms with Crippen LogP contribution in [0.1, 0.15) is 18.1 Å². The van der Waals surface area contributed by atoms with Crippen molar-refractivity contribution < 1.29 is 0 Å². The zero-order valence-electron chi connectivity index (χ0n) is 20.0. The summed E-state index contributed by atoms with van der Waals surface area (Å²) in [6.07, 6.45) is 5.95. The lowest BCUT2D eigenvalue weighted by Crippen LogP contribution is -2.46. The number of hydrogen-bond donors (Lipinski definition) is 0. The first-order valence-corrected chi connectivity index (χ1v) is 13.0. The van der Waals surface area contributed by atoms with E-state index in [4.69, 9.17) is 0 Å². The fourth-order valence-electron chi connectivity index (χ4n) is 4.34. The summed E-state index contributed by atoms with van der Waals surface area (Å²) in [5, 5.41) is 8.96. The molecule has 1 fully saturated rings. The lowest BCUT2D eigenvalue weighted by molar-refractivity contribution is 0.249. The molecule has 3 heterocycles. The van der Waals surface area contributed by atoms with Crippen LogP contribution in [0.25, 0.3) is 5.69 Å². The van der Waals surface area contributed by atoms with Crippen LogP contribution in [-0.2, 0) is 18.8 Å². The van der Waals surface area contributed by atoms with E-state index in [2.05, 4.69) is 45.3 Å². The number of aryl methyl sites for hydroxylation is 1. The largest absolute Gasteiger partial charge is 0.367 e. The van der Waals surface area contributed by atoms with E-state index >= 15 is 0 Å². The zero-order valence-corrected chi connectivity index (χ0v) is 20.8. The van der Waals surface area contributed by atoms with Crippen LogP contribution in [0.2, 0.25) is 0 Å². The molecule has 35 heavy (non-hydrogen) atoms. The van der Waals surface area contributed by atoms with Gasteiger partial charge in [-0.2, -0.15) is 14.9 Å². The molecular formula is C27H30N6OS. The Balaban J connectivity index is 1.36. The number of para-hydroxylation sites is 1. The molecule has 1 saturated heterocycles. The van der Waals surface area contributed by atoms with Gasteiger partial charge in [0.1, 0.15) is 4.90 Å². The van der Waals surface area contributed by atoms with Gasteiger partial charge in [0, 0.05) is 56.8 Å². The average Bonchev–Trinajstić information content (AvgIpc) is 3.37. The maximum absolute atomic E-state index is 13.6. The normalized spacial score (nSPS) is 14.4. The Bertz CT molecular complexity index is 1300. The van der Waals surface area contributed by atoms with Gasteiger partial charge in [-0.15, -0.1) is 11.8 Å². The molecule has 1 aliphatic rings. The van der Waals surface area contributed by atoms with Crippen molar-refractivity contribution in [3.63, 3.8) is 0 Å². The fourth-order valence-corrected chi connectivity index (χ4v) is 5.38. The van der Waals surface area contributed by atoms with E-state index in [0.29, 0.717) is 0 Å². The van der Waals surface area contributed by atoms with Crippen molar-refractivity contribution in [1.82, 2.24) is 24.5 Å². The molecule has 2 aromatic carbocycles. The van der Waals surface area contributed by atoms with Gasteiger partial charge in [0.15, 0.2) is 0 Å². The first-order chi connectivity index (χ1) is 17.2. The van der Waals surface area contributed by atoms with E-state index in [1.165, 1.54) is 15.8 Å². The minimum absolute atomic E-state index is 0.0657. The number of thioether (sulfide) groups is 1. The molecular weight excluding hydrogens is 456 g/mol. The molecule has 4 aromatic rings. The van der Waals surface area contributed by atoms with Crippen LogP contribution in [0, 0.1) is 0 Å². The molecule has 0 spiro atoms. The Hall–Kier alpha value is -3.36. The van der Waals surface area contributed by atoms with Crippen LogP contribution in [0.15, 0.2) is 88.9 Å². The van der Waals surface area contributed by atoms with Gasteiger partial charge >= 0.3 is 0 Å². The third-order valence-corrected chi connectivity index (χ3v) is 7.42. The minimum atomic E-state index is -0.0657. The number of benzene rings is 2. The molecule has 5 rings (SSSR count). The molecule has 0 saturated carbocycles. The maximum atomic E-state index is 13.6. The van der Waals surface area contributed by atoms with Gasteiger partial charge in [-0.1, -0.05) is 48.5 Å². The lowest BCUT2D eigenvalue weighted by atomic mass is 10.2. The first-order valence-electron chi connectivity index (χ1n) is 12.0. The van der Waals surface area contributed by atoms with Gasteiger partial charge in [-0.3, -0.25) is 14.4 Å². The van der Waals surface area contributed by atoms with E-state index in [1.807, 2.05) is 65.6 Å². The fraction of sp³-hybridized carbons (Fsp3) is 0.296. The predicted octanol–water partition coefficient (Wildman–Crippen LogP) is 4.06. The van der Waals surface area contributed by atoms with Crippen molar-refractivity contribution in [1.29, 1.82) is 0 Å². The second-order valence-electron chi connectivity index (χ2n) is 8.65. The summed E-state index contributed by atoms with van der Waals surface area (Å²) in [5.41, 5.74) is 4.09. The Morgan fingerprint density at radius 3 is 2.26 bits per heavy atom. The van der Waals surface area contributed by atoms with Gasteiger partial charge in [0.05, 0.1) is 23.8 Å². The number of nitrogens with zero attached hydrogens (tertiary/aromatic N) is 6. The zero-order chi connectivity index (χ0) is 24.0. The van der Waals surface area contributed by atoms with E-state index < -0.39 is 0 Å². The first kappa shape index (κ1) is 23.4. The molecule has 8 heteroatoms. The third-order valence-electron chi connectivity index (χ3n) is 6.27. The molecule has 0 atom stereocenters. The highest BCUT2D eigenvalue weighted by molar-refractivity contribution is 7.98. The average molecular weight is 487 g/mol. The standard InChI is InChI=1S/C27H30N6OS/c1-2-32-20-23(17-28-32)19-30-13-15-31(16-14-30)25-18-29-33(24-11-7-4-8-12-24)27(34)26(25)35-21-22-9-5-3-6-10-22/h3-12,17-18,20H,2,13-16,19,21H2,1H3. The number of aromatic nitrogens is 4. The number of hydrogen-bond acceptors (Lipinski definition) is 6. The third kappa shape index (κ3) is 5.49. The number of rotatable bonds is 8. The van der Waals surface area contributed by atoms with Crippen LogP contribution in [0.5, 0.6) is 0 Å². The van der Waals surface area contributed by atoms with Crippen molar-refractivity contribution in [2.45, 2.75) is 30.7 Å². The van der Waals surface area contributed by atoms with Crippen LogP contribution in [0.3, 0.4) is 0 Å². The number of anilines is 1. The van der Waals surface area contributed by atoms with Crippen molar-refractivity contribution in [3.8, 4) is 5.69 Å². The van der Waals surface area contributed by atoms with Gasteiger partial charge in [-0.25, -0.2) is 0 Å². The summed E-state index contributed by atoms with van der Waals surface area (Å²) >= 11 is 1.60. The van der Waals surface area contributed by atoms with Crippen LogP contribution in [-0.4, -0.2) is 50.6 Å². The van der Waals surface area contributed by atoms with Crippen molar-refractivity contribution in [2.24, 2.45) is 0 Å². The quantitative estimate of drug-likeness (QED) is 0.350. The summed E-state index contributed by atoms with van der Waals surface area (Å²) in [7, 11) is 0. The molecule has 180 valence electrons. The number of piperazine rings is 1. The highest BCUT2D eigenvalue weighted by Gasteiger charge is 2.23. The summed E-state index contributed by atoms with van der Waals surface area (Å²) in [6, 6.07) is 19.9. The molecule has 7 nitrogen and oxygen atoms in total. The topological polar surface area (TPSA) is 59.2 Å². The summed E-state index contributed by atoms with van der Waals surface area (Å²) in [4.78, 5) is 19.1. The molecule has 0 N–H and O–H groups in total. The Morgan fingerprint density at radius 1 is 0.857 bits per heavy atom. The smallest absolute Gasteiger partial charge is 0.287 e. The molecule has 0 amide bonds. The summed E-state index contributed by atoms with van der Waals surface area (Å²) in [6.45, 7) is 7.47. The van der Waals surface area contributed by atoms with Crippen LogP contribution in [0.4, 0.5) is 5.69 Å². The molecule has 0 unspecified atom stereocenters. The molecule has 1 aliphatic heterocycles. The van der Waals surface area contributed by atoms with Crippen molar-refractivity contribution in [3.05, 3.63) is 101 Å². The second kappa shape index (κ2) is 10.9. The maximum Gasteiger partial charge on any atom is 0.287 e. The van der Waals surface area contributed by atoms with E-state index in [9.17, 15) is 4.79 Å². The predicted molar refractivity (Wildman–Crippen MR) is 141 cm³/mol. The lowest BCUT2D eigenvalue weighted by Gasteiger charge is -2.36. The van der Waals surface area contributed by atoms with Gasteiger partial charge in [0.25, 0.3) is 5.56 Å². The monoisotopic (exact) mass is 486 g/mol.